The zero-order valence-electron chi connectivity index (χ0n) is 13.2. The molecule has 130 valence electrons. The molecule has 25 heavy (non-hydrogen) atoms. The van der Waals surface area contributed by atoms with E-state index in [1.807, 2.05) is 31.2 Å². The van der Waals surface area contributed by atoms with Crippen molar-refractivity contribution in [3.05, 3.63) is 53.1 Å². The molecule has 1 atom stereocenters. The molecule has 0 bridgehead atoms. The lowest BCUT2D eigenvalue weighted by Crippen LogP contribution is -2.11. The Kier molecular flexibility index (Phi) is 5.18. The normalized spacial score (nSPS) is 12.4. The number of aromatic nitrogens is 4. The summed E-state index contributed by atoms with van der Waals surface area (Å²) in [4.78, 5) is 8.35. The van der Waals surface area contributed by atoms with Gasteiger partial charge in [0.1, 0.15) is 0 Å². The molecule has 0 aliphatic carbocycles. The van der Waals surface area contributed by atoms with Gasteiger partial charge in [-0.1, -0.05) is 30.7 Å². The minimum atomic E-state index is -2.81. The molecule has 3 aromatic rings. The van der Waals surface area contributed by atoms with Gasteiger partial charge in [0.05, 0.1) is 11.6 Å². The molecule has 0 aliphatic rings. The summed E-state index contributed by atoms with van der Waals surface area (Å²) in [7, 11) is 0. The van der Waals surface area contributed by atoms with Crippen molar-refractivity contribution in [3.8, 4) is 11.5 Å². The first kappa shape index (κ1) is 17.2. The van der Waals surface area contributed by atoms with Crippen LogP contribution in [-0.4, -0.2) is 20.2 Å². The standard InChI is InChI=1S/C16H14ClF2N5O/c1-2-12(9-3-5-11(17)6-4-9)22-16-20-7-10(8-21-16)14-23-24-15(25-14)13(18)19/h3-8,12-13H,2H2,1H3,(H,20,21,22). The van der Waals surface area contributed by atoms with Crippen LogP contribution in [-0.2, 0) is 0 Å². The van der Waals surface area contributed by atoms with Gasteiger partial charge in [0.25, 0.3) is 11.8 Å². The Hall–Kier alpha value is -2.61. The van der Waals surface area contributed by atoms with Crippen molar-refractivity contribution < 1.29 is 13.2 Å². The van der Waals surface area contributed by atoms with Crippen LogP contribution >= 0.6 is 11.6 Å². The molecule has 9 heteroatoms. The van der Waals surface area contributed by atoms with Crippen LogP contribution in [0.15, 0.2) is 41.1 Å². The van der Waals surface area contributed by atoms with E-state index in [1.54, 1.807) is 0 Å². The second-order valence-electron chi connectivity index (χ2n) is 5.20. The molecule has 3 rings (SSSR count). The molecule has 1 aromatic carbocycles. The lowest BCUT2D eigenvalue weighted by Gasteiger charge is -2.17. The topological polar surface area (TPSA) is 76.7 Å². The molecular weight excluding hydrogens is 352 g/mol. The van der Waals surface area contributed by atoms with Crippen molar-refractivity contribution >= 4 is 17.5 Å². The van der Waals surface area contributed by atoms with Crippen molar-refractivity contribution in [3.63, 3.8) is 0 Å². The van der Waals surface area contributed by atoms with E-state index in [0.29, 0.717) is 16.5 Å². The van der Waals surface area contributed by atoms with E-state index in [1.165, 1.54) is 12.4 Å². The Morgan fingerprint density at radius 1 is 1.12 bits per heavy atom. The first-order chi connectivity index (χ1) is 12.1. The molecule has 1 unspecified atom stereocenters. The summed E-state index contributed by atoms with van der Waals surface area (Å²) in [5.41, 5.74) is 1.42. The van der Waals surface area contributed by atoms with Crippen molar-refractivity contribution in [2.24, 2.45) is 0 Å². The van der Waals surface area contributed by atoms with Gasteiger partial charge in [-0.05, 0) is 24.1 Å². The average Bonchev–Trinajstić information content (AvgIpc) is 3.11. The maximum Gasteiger partial charge on any atom is 0.314 e. The van der Waals surface area contributed by atoms with E-state index in [9.17, 15) is 8.78 Å². The summed E-state index contributed by atoms with van der Waals surface area (Å²) >= 11 is 5.90. The van der Waals surface area contributed by atoms with E-state index in [-0.39, 0.29) is 11.9 Å². The molecule has 0 fully saturated rings. The third kappa shape index (κ3) is 4.08. The van der Waals surface area contributed by atoms with Gasteiger partial charge < -0.3 is 9.73 Å². The molecule has 0 saturated heterocycles. The Morgan fingerprint density at radius 3 is 2.36 bits per heavy atom. The minimum absolute atomic E-state index is 0.0111. The number of hydrogen-bond donors (Lipinski definition) is 1. The first-order valence-electron chi connectivity index (χ1n) is 7.52. The third-order valence-electron chi connectivity index (χ3n) is 3.51. The Balaban J connectivity index is 1.73. The molecule has 0 spiro atoms. The predicted molar refractivity (Wildman–Crippen MR) is 88.4 cm³/mol. The number of hydrogen-bond acceptors (Lipinski definition) is 6. The van der Waals surface area contributed by atoms with Crippen LogP contribution in [0.4, 0.5) is 14.7 Å². The quantitative estimate of drug-likeness (QED) is 0.683. The maximum absolute atomic E-state index is 12.5. The first-order valence-corrected chi connectivity index (χ1v) is 7.90. The number of alkyl halides is 2. The summed E-state index contributed by atoms with van der Waals surface area (Å²) in [5, 5.41) is 10.7. The van der Waals surface area contributed by atoms with Crippen LogP contribution < -0.4 is 5.32 Å². The number of nitrogens with one attached hydrogen (secondary N) is 1. The van der Waals surface area contributed by atoms with Crippen molar-refractivity contribution in [2.45, 2.75) is 25.8 Å². The summed E-state index contributed by atoms with van der Waals surface area (Å²) in [6.45, 7) is 2.03. The lowest BCUT2D eigenvalue weighted by molar-refractivity contribution is 0.116. The van der Waals surface area contributed by atoms with Crippen LogP contribution in [0.5, 0.6) is 0 Å². The number of nitrogens with zero attached hydrogens (tertiary/aromatic N) is 4. The highest BCUT2D eigenvalue weighted by atomic mass is 35.5. The smallest absolute Gasteiger partial charge is 0.314 e. The predicted octanol–water partition coefficient (Wildman–Crippen LogP) is 4.68. The second kappa shape index (κ2) is 7.52. The molecule has 2 aromatic heterocycles. The summed E-state index contributed by atoms with van der Waals surface area (Å²) in [5.74, 6) is -0.378. The second-order valence-corrected chi connectivity index (χ2v) is 5.63. The largest absolute Gasteiger partial charge is 0.415 e. The summed E-state index contributed by atoms with van der Waals surface area (Å²) in [6, 6.07) is 7.52. The number of benzene rings is 1. The van der Waals surface area contributed by atoms with E-state index in [0.717, 1.165) is 12.0 Å². The van der Waals surface area contributed by atoms with Gasteiger partial charge in [-0.25, -0.2) is 9.97 Å². The van der Waals surface area contributed by atoms with Crippen molar-refractivity contribution in [1.82, 2.24) is 20.2 Å². The lowest BCUT2D eigenvalue weighted by atomic mass is 10.1. The van der Waals surface area contributed by atoms with E-state index >= 15 is 0 Å². The van der Waals surface area contributed by atoms with Gasteiger partial charge >= 0.3 is 6.43 Å². The highest BCUT2D eigenvalue weighted by Crippen LogP contribution is 2.24. The zero-order chi connectivity index (χ0) is 17.8. The third-order valence-corrected chi connectivity index (χ3v) is 3.76. The fraction of sp³-hybridized carbons (Fsp3) is 0.250. The van der Waals surface area contributed by atoms with Crippen LogP contribution in [0.3, 0.4) is 0 Å². The van der Waals surface area contributed by atoms with Crippen LogP contribution in [0.2, 0.25) is 5.02 Å². The van der Waals surface area contributed by atoms with E-state index < -0.39 is 12.3 Å². The number of halogens is 3. The minimum Gasteiger partial charge on any atom is -0.415 e. The van der Waals surface area contributed by atoms with Gasteiger partial charge in [-0.15, -0.1) is 10.2 Å². The van der Waals surface area contributed by atoms with Gasteiger partial charge in [0.15, 0.2) is 0 Å². The Morgan fingerprint density at radius 2 is 1.80 bits per heavy atom. The molecule has 0 radical (unpaired) electrons. The molecular formula is C16H14ClF2N5O. The monoisotopic (exact) mass is 365 g/mol. The molecule has 1 N–H and O–H groups in total. The van der Waals surface area contributed by atoms with Gasteiger partial charge in [-0.3, -0.25) is 0 Å². The number of rotatable bonds is 6. The fourth-order valence-electron chi connectivity index (χ4n) is 2.22. The molecule has 6 nitrogen and oxygen atoms in total. The van der Waals surface area contributed by atoms with Crippen molar-refractivity contribution in [1.29, 1.82) is 0 Å². The Bertz CT molecular complexity index is 823. The van der Waals surface area contributed by atoms with Crippen LogP contribution in [0, 0.1) is 0 Å². The highest BCUT2D eigenvalue weighted by molar-refractivity contribution is 6.30. The summed E-state index contributed by atoms with van der Waals surface area (Å²) in [6.07, 6.45) is 0.876. The van der Waals surface area contributed by atoms with Crippen LogP contribution in [0.25, 0.3) is 11.5 Å². The van der Waals surface area contributed by atoms with Crippen LogP contribution in [0.1, 0.15) is 37.3 Å². The summed E-state index contributed by atoms with van der Waals surface area (Å²) < 4.78 is 29.8. The fourth-order valence-corrected chi connectivity index (χ4v) is 2.35. The SMILES string of the molecule is CCC(Nc1ncc(-c2nnc(C(F)F)o2)cn1)c1ccc(Cl)cc1. The zero-order valence-corrected chi connectivity index (χ0v) is 13.9. The van der Waals surface area contributed by atoms with Gasteiger partial charge in [0, 0.05) is 17.4 Å². The molecule has 0 amide bonds. The molecule has 0 saturated carbocycles. The highest BCUT2D eigenvalue weighted by Gasteiger charge is 2.17. The Labute approximate surface area is 147 Å². The van der Waals surface area contributed by atoms with Gasteiger partial charge in [0.2, 0.25) is 5.95 Å². The molecule has 2 heterocycles. The van der Waals surface area contributed by atoms with E-state index in [2.05, 4.69) is 25.5 Å². The average molecular weight is 366 g/mol. The maximum atomic E-state index is 12.5. The number of anilines is 1. The molecule has 0 aliphatic heterocycles. The van der Waals surface area contributed by atoms with E-state index in [4.69, 9.17) is 16.0 Å². The van der Waals surface area contributed by atoms with Gasteiger partial charge in [-0.2, -0.15) is 8.78 Å². The van der Waals surface area contributed by atoms with Crippen molar-refractivity contribution in [2.75, 3.05) is 5.32 Å².